The second-order valence-electron chi connectivity index (χ2n) is 4.14. The average molecular weight is 267 g/mol. The van der Waals surface area contributed by atoms with Crippen molar-refractivity contribution in [2.75, 3.05) is 0 Å². The van der Waals surface area contributed by atoms with Crippen LogP contribution in [0.15, 0.2) is 67.3 Å². The van der Waals surface area contributed by atoms with Gasteiger partial charge in [-0.1, -0.05) is 35.9 Å². The summed E-state index contributed by atoms with van der Waals surface area (Å²) in [7, 11) is 0. The third kappa shape index (κ3) is 2.35. The molecule has 0 bridgehead atoms. The molecule has 3 rings (SSSR count). The van der Waals surface area contributed by atoms with Gasteiger partial charge in [-0.05, 0) is 23.8 Å². The number of benzene rings is 1. The van der Waals surface area contributed by atoms with Crippen molar-refractivity contribution < 1.29 is 0 Å². The lowest BCUT2D eigenvalue weighted by Gasteiger charge is -2.09. The van der Waals surface area contributed by atoms with Crippen LogP contribution in [0.3, 0.4) is 0 Å². The molecule has 0 saturated carbocycles. The Hall–Kier alpha value is -2.19. The highest BCUT2D eigenvalue weighted by Crippen LogP contribution is 2.35. The minimum Gasteiger partial charge on any atom is -0.265 e. The van der Waals surface area contributed by atoms with E-state index in [9.17, 15) is 0 Å². The topological polar surface area (TPSA) is 25.8 Å². The quantitative estimate of drug-likeness (QED) is 0.684. The van der Waals surface area contributed by atoms with Gasteiger partial charge < -0.3 is 0 Å². The minimum absolute atomic E-state index is 0.738. The molecule has 2 heterocycles. The van der Waals surface area contributed by atoms with Crippen LogP contribution < -0.4 is 0 Å². The summed E-state index contributed by atoms with van der Waals surface area (Å²) in [5.74, 6) is 0. The molecule has 0 aliphatic rings. The molecule has 0 amide bonds. The first-order chi connectivity index (χ1) is 9.36. The molecule has 0 atom stereocenters. The van der Waals surface area contributed by atoms with E-state index in [0.717, 1.165) is 27.3 Å². The van der Waals surface area contributed by atoms with E-state index < -0.39 is 0 Å². The summed E-state index contributed by atoms with van der Waals surface area (Å²) in [6, 6.07) is 13.8. The fourth-order valence-electron chi connectivity index (χ4n) is 2.03. The molecule has 0 N–H and O–H groups in total. The van der Waals surface area contributed by atoms with E-state index >= 15 is 0 Å². The highest BCUT2D eigenvalue weighted by molar-refractivity contribution is 6.36. The first-order valence-electron chi connectivity index (χ1n) is 5.95. The number of hydrogen-bond acceptors (Lipinski definition) is 2. The molecule has 0 spiro atoms. The Morgan fingerprint density at radius 3 is 2.11 bits per heavy atom. The third-order valence-electron chi connectivity index (χ3n) is 2.96. The van der Waals surface area contributed by atoms with Gasteiger partial charge in [0.2, 0.25) is 0 Å². The highest BCUT2D eigenvalue weighted by atomic mass is 35.5. The van der Waals surface area contributed by atoms with Crippen molar-refractivity contribution in [3.8, 4) is 22.3 Å². The van der Waals surface area contributed by atoms with Crippen molar-refractivity contribution in [2.24, 2.45) is 0 Å². The van der Waals surface area contributed by atoms with E-state index in [-0.39, 0.29) is 0 Å². The van der Waals surface area contributed by atoms with Gasteiger partial charge in [0, 0.05) is 41.5 Å². The molecular formula is C16H11ClN2. The Labute approximate surface area is 116 Å². The molecule has 1 aromatic carbocycles. The summed E-state index contributed by atoms with van der Waals surface area (Å²) in [6.07, 6.45) is 7.10. The number of rotatable bonds is 2. The Kier molecular flexibility index (Phi) is 3.25. The second-order valence-corrected chi connectivity index (χ2v) is 4.52. The van der Waals surface area contributed by atoms with Crippen LogP contribution in [-0.4, -0.2) is 9.97 Å². The van der Waals surface area contributed by atoms with Crippen LogP contribution in [0.5, 0.6) is 0 Å². The number of aromatic nitrogens is 2. The van der Waals surface area contributed by atoms with Crippen LogP contribution in [0, 0.1) is 0 Å². The zero-order chi connectivity index (χ0) is 13.1. The SMILES string of the molecule is Clc1c(-c2ccncc2)cccc1-c1cccnc1. The first kappa shape index (κ1) is 11.9. The van der Waals surface area contributed by atoms with Gasteiger partial charge in [0.25, 0.3) is 0 Å². The smallest absolute Gasteiger partial charge is 0.0563 e. The maximum Gasteiger partial charge on any atom is 0.0563 e. The summed E-state index contributed by atoms with van der Waals surface area (Å²) < 4.78 is 0. The van der Waals surface area contributed by atoms with E-state index in [4.69, 9.17) is 11.6 Å². The molecule has 0 fully saturated rings. The van der Waals surface area contributed by atoms with Gasteiger partial charge in [-0.3, -0.25) is 9.97 Å². The van der Waals surface area contributed by atoms with Crippen molar-refractivity contribution in [2.45, 2.75) is 0 Å². The Balaban J connectivity index is 2.15. The number of halogens is 1. The predicted octanol–water partition coefficient (Wildman–Crippen LogP) is 4.46. The fraction of sp³-hybridized carbons (Fsp3) is 0. The van der Waals surface area contributed by atoms with Crippen molar-refractivity contribution in [1.29, 1.82) is 0 Å². The van der Waals surface area contributed by atoms with Gasteiger partial charge in [0.15, 0.2) is 0 Å². The van der Waals surface area contributed by atoms with Crippen LogP contribution in [0.2, 0.25) is 5.02 Å². The summed E-state index contributed by atoms with van der Waals surface area (Å²) in [5, 5.41) is 0.738. The Morgan fingerprint density at radius 1 is 0.684 bits per heavy atom. The molecule has 3 heteroatoms. The second kappa shape index (κ2) is 5.21. The highest BCUT2D eigenvalue weighted by Gasteiger charge is 2.09. The first-order valence-corrected chi connectivity index (χ1v) is 6.33. The van der Waals surface area contributed by atoms with Crippen LogP contribution in [0.25, 0.3) is 22.3 Å². The third-order valence-corrected chi connectivity index (χ3v) is 3.37. The predicted molar refractivity (Wildman–Crippen MR) is 77.9 cm³/mol. The summed E-state index contributed by atoms with van der Waals surface area (Å²) in [4.78, 5) is 8.16. The van der Waals surface area contributed by atoms with Gasteiger partial charge >= 0.3 is 0 Å². The molecule has 0 unspecified atom stereocenters. The Morgan fingerprint density at radius 2 is 1.42 bits per heavy atom. The lowest BCUT2D eigenvalue weighted by Crippen LogP contribution is -1.85. The molecule has 3 aromatic rings. The van der Waals surface area contributed by atoms with Gasteiger partial charge in [-0.2, -0.15) is 0 Å². The van der Waals surface area contributed by atoms with Gasteiger partial charge in [-0.15, -0.1) is 0 Å². The van der Waals surface area contributed by atoms with E-state index in [2.05, 4.69) is 9.97 Å². The number of nitrogens with zero attached hydrogens (tertiary/aromatic N) is 2. The molecular weight excluding hydrogens is 256 g/mol. The summed E-state index contributed by atoms with van der Waals surface area (Å²) in [6.45, 7) is 0. The van der Waals surface area contributed by atoms with Crippen molar-refractivity contribution >= 4 is 11.6 Å². The molecule has 2 aromatic heterocycles. The zero-order valence-electron chi connectivity index (χ0n) is 10.1. The van der Waals surface area contributed by atoms with Crippen molar-refractivity contribution in [3.05, 3.63) is 72.3 Å². The van der Waals surface area contributed by atoms with Crippen LogP contribution in [-0.2, 0) is 0 Å². The van der Waals surface area contributed by atoms with Gasteiger partial charge in [-0.25, -0.2) is 0 Å². The van der Waals surface area contributed by atoms with Crippen LogP contribution in [0.4, 0.5) is 0 Å². The van der Waals surface area contributed by atoms with E-state index in [1.807, 2.05) is 48.7 Å². The molecule has 0 radical (unpaired) electrons. The molecule has 0 saturated heterocycles. The Bertz CT molecular complexity index is 624. The lowest BCUT2D eigenvalue weighted by atomic mass is 10.0. The molecule has 19 heavy (non-hydrogen) atoms. The van der Waals surface area contributed by atoms with Crippen molar-refractivity contribution in [1.82, 2.24) is 9.97 Å². The van der Waals surface area contributed by atoms with Gasteiger partial charge in [0.1, 0.15) is 0 Å². The normalized spacial score (nSPS) is 10.4. The van der Waals surface area contributed by atoms with E-state index in [1.54, 1.807) is 18.6 Å². The lowest BCUT2D eigenvalue weighted by molar-refractivity contribution is 1.32. The number of pyridine rings is 2. The standard InChI is InChI=1S/C16H11ClN2/c17-16-14(12-6-9-18-10-7-12)4-1-5-15(16)13-3-2-8-19-11-13/h1-11H. The van der Waals surface area contributed by atoms with E-state index in [1.165, 1.54) is 0 Å². The largest absolute Gasteiger partial charge is 0.265 e. The fourth-order valence-corrected chi connectivity index (χ4v) is 2.38. The van der Waals surface area contributed by atoms with Crippen LogP contribution in [0.1, 0.15) is 0 Å². The zero-order valence-corrected chi connectivity index (χ0v) is 10.9. The minimum atomic E-state index is 0.738. The molecule has 2 nitrogen and oxygen atoms in total. The van der Waals surface area contributed by atoms with Crippen LogP contribution >= 0.6 is 11.6 Å². The monoisotopic (exact) mass is 266 g/mol. The molecule has 92 valence electrons. The summed E-state index contributed by atoms with van der Waals surface area (Å²) >= 11 is 6.53. The average Bonchev–Trinajstić information content (AvgIpc) is 2.49. The maximum absolute atomic E-state index is 6.53. The van der Waals surface area contributed by atoms with E-state index in [0.29, 0.717) is 0 Å². The molecule has 0 aliphatic carbocycles. The number of hydrogen-bond donors (Lipinski definition) is 0. The molecule has 0 aliphatic heterocycles. The summed E-state index contributed by atoms with van der Waals surface area (Å²) in [5.41, 5.74) is 4.07. The van der Waals surface area contributed by atoms with Gasteiger partial charge in [0.05, 0.1) is 5.02 Å². The maximum atomic E-state index is 6.53. The van der Waals surface area contributed by atoms with Crippen molar-refractivity contribution in [3.63, 3.8) is 0 Å².